The van der Waals surface area contributed by atoms with Crippen LogP contribution in [0.15, 0.2) is 36.4 Å². The molecule has 0 aliphatic rings. The quantitative estimate of drug-likeness (QED) is 0.638. The fourth-order valence-electron chi connectivity index (χ4n) is 1.78. The van der Waals surface area contributed by atoms with Crippen molar-refractivity contribution in [2.75, 3.05) is 0 Å². The van der Waals surface area contributed by atoms with Gasteiger partial charge in [0.05, 0.1) is 18.2 Å². The first-order valence-corrected chi connectivity index (χ1v) is 5.77. The van der Waals surface area contributed by atoms with Gasteiger partial charge in [-0.05, 0) is 29.8 Å². The van der Waals surface area contributed by atoms with E-state index in [1.54, 1.807) is 0 Å². The normalized spacial score (nSPS) is 11.0. The monoisotopic (exact) mass is 296 g/mol. The van der Waals surface area contributed by atoms with Crippen molar-refractivity contribution in [1.29, 1.82) is 5.26 Å². The zero-order valence-corrected chi connectivity index (χ0v) is 10.5. The lowest BCUT2D eigenvalue weighted by Crippen LogP contribution is -2.16. The van der Waals surface area contributed by atoms with Crippen molar-refractivity contribution in [1.82, 2.24) is 4.98 Å². The molecule has 0 saturated heterocycles. The summed E-state index contributed by atoms with van der Waals surface area (Å²) >= 11 is 0. The molecule has 2 rings (SSSR count). The first-order valence-electron chi connectivity index (χ1n) is 5.77. The molecule has 7 heteroatoms. The Morgan fingerprint density at radius 3 is 2.33 bits per heavy atom. The van der Waals surface area contributed by atoms with E-state index in [0.717, 1.165) is 18.2 Å². The minimum Gasteiger partial charge on any atom is -0.406 e. The second kappa shape index (κ2) is 5.79. The Morgan fingerprint density at radius 1 is 1.10 bits per heavy atom. The third-order valence-corrected chi connectivity index (χ3v) is 2.59. The number of nitriles is 1. The van der Waals surface area contributed by atoms with Crippen molar-refractivity contribution in [2.45, 2.75) is 12.8 Å². The van der Waals surface area contributed by atoms with Crippen LogP contribution in [-0.4, -0.2) is 11.3 Å². The van der Waals surface area contributed by atoms with Crippen LogP contribution < -0.4 is 4.74 Å². The van der Waals surface area contributed by atoms with Crippen LogP contribution in [0.2, 0.25) is 0 Å². The molecule has 0 aliphatic carbocycles. The molecule has 108 valence electrons. The van der Waals surface area contributed by atoms with Crippen molar-refractivity contribution in [3.05, 3.63) is 48.0 Å². The molecule has 0 amide bonds. The van der Waals surface area contributed by atoms with Gasteiger partial charge >= 0.3 is 6.36 Å². The average Bonchev–Trinajstić information content (AvgIpc) is 2.39. The Morgan fingerprint density at radius 2 is 1.76 bits per heavy atom. The molecular weight excluding hydrogens is 288 g/mol. The lowest BCUT2D eigenvalue weighted by atomic mass is 10.0. The van der Waals surface area contributed by atoms with E-state index in [1.165, 1.54) is 18.2 Å². The number of ether oxygens (including phenoxy) is 1. The Kier molecular flexibility index (Phi) is 4.08. The number of halogens is 4. The molecular formula is C14H8F4N2O. The van der Waals surface area contributed by atoms with Gasteiger partial charge in [0, 0.05) is 5.56 Å². The van der Waals surface area contributed by atoms with Crippen molar-refractivity contribution in [3.8, 4) is 22.9 Å². The highest BCUT2D eigenvalue weighted by Crippen LogP contribution is 2.28. The van der Waals surface area contributed by atoms with Crippen LogP contribution in [0.4, 0.5) is 17.6 Å². The predicted octanol–water partition coefficient (Wildman–Crippen LogP) is 3.85. The van der Waals surface area contributed by atoms with Gasteiger partial charge in [0.15, 0.2) is 0 Å². The smallest absolute Gasteiger partial charge is 0.406 e. The zero-order chi connectivity index (χ0) is 15.5. The highest BCUT2D eigenvalue weighted by Gasteiger charge is 2.30. The lowest BCUT2D eigenvalue weighted by molar-refractivity contribution is -0.274. The van der Waals surface area contributed by atoms with Gasteiger partial charge in [0.1, 0.15) is 5.75 Å². The first kappa shape index (κ1) is 14.8. The molecule has 1 aromatic carbocycles. The number of benzene rings is 1. The van der Waals surface area contributed by atoms with Crippen molar-refractivity contribution in [2.24, 2.45) is 0 Å². The van der Waals surface area contributed by atoms with Crippen LogP contribution in [0.25, 0.3) is 11.1 Å². The number of hydrogen-bond donors (Lipinski definition) is 0. The summed E-state index contributed by atoms with van der Waals surface area (Å²) in [5.41, 5.74) is 1.22. The van der Waals surface area contributed by atoms with Gasteiger partial charge in [-0.1, -0.05) is 12.1 Å². The molecule has 21 heavy (non-hydrogen) atoms. The summed E-state index contributed by atoms with van der Waals surface area (Å²) in [6, 6.07) is 9.46. The summed E-state index contributed by atoms with van der Waals surface area (Å²) in [5.74, 6) is -1.08. The van der Waals surface area contributed by atoms with Gasteiger partial charge in [0.25, 0.3) is 0 Å². The molecule has 0 spiro atoms. The van der Waals surface area contributed by atoms with Crippen LogP contribution in [0, 0.1) is 17.3 Å². The number of hydrogen-bond acceptors (Lipinski definition) is 3. The SMILES string of the molecule is N#CCc1nc(F)ccc1-c1ccc(OC(F)(F)F)cc1. The van der Waals surface area contributed by atoms with E-state index in [4.69, 9.17) is 5.26 Å². The average molecular weight is 296 g/mol. The minimum atomic E-state index is -4.76. The summed E-state index contributed by atoms with van der Waals surface area (Å²) in [6.07, 6.45) is -4.86. The summed E-state index contributed by atoms with van der Waals surface area (Å²) in [4.78, 5) is 3.62. The highest BCUT2D eigenvalue weighted by molar-refractivity contribution is 5.66. The molecule has 1 heterocycles. The van der Waals surface area contributed by atoms with E-state index >= 15 is 0 Å². The number of aromatic nitrogens is 1. The fraction of sp³-hybridized carbons (Fsp3) is 0.143. The maximum Gasteiger partial charge on any atom is 0.573 e. The van der Waals surface area contributed by atoms with Crippen LogP contribution in [0.3, 0.4) is 0 Å². The first-order chi connectivity index (χ1) is 9.89. The Balaban J connectivity index is 2.33. The summed E-state index contributed by atoms with van der Waals surface area (Å²) in [6.45, 7) is 0. The molecule has 0 N–H and O–H groups in total. The van der Waals surface area contributed by atoms with Crippen molar-refractivity contribution >= 4 is 0 Å². The van der Waals surface area contributed by atoms with E-state index in [9.17, 15) is 17.6 Å². The number of pyridine rings is 1. The number of rotatable bonds is 3. The molecule has 0 atom stereocenters. The maximum atomic E-state index is 13.1. The highest BCUT2D eigenvalue weighted by atomic mass is 19.4. The molecule has 0 bridgehead atoms. The molecule has 0 radical (unpaired) electrons. The van der Waals surface area contributed by atoms with E-state index in [-0.39, 0.29) is 17.9 Å². The zero-order valence-electron chi connectivity index (χ0n) is 10.5. The van der Waals surface area contributed by atoms with E-state index in [2.05, 4.69) is 9.72 Å². The van der Waals surface area contributed by atoms with E-state index in [1.807, 2.05) is 6.07 Å². The molecule has 2 aromatic rings. The Bertz CT molecular complexity index is 675. The second-order valence-corrected chi connectivity index (χ2v) is 4.04. The van der Waals surface area contributed by atoms with Gasteiger partial charge in [0.2, 0.25) is 5.95 Å². The van der Waals surface area contributed by atoms with Gasteiger partial charge in [-0.25, -0.2) is 4.98 Å². The third kappa shape index (κ3) is 3.92. The second-order valence-electron chi connectivity index (χ2n) is 4.04. The lowest BCUT2D eigenvalue weighted by Gasteiger charge is -2.10. The largest absolute Gasteiger partial charge is 0.573 e. The van der Waals surface area contributed by atoms with Crippen LogP contribution in [-0.2, 0) is 6.42 Å². The molecule has 0 unspecified atom stereocenters. The van der Waals surface area contributed by atoms with Crippen LogP contribution in [0.1, 0.15) is 5.69 Å². The summed E-state index contributed by atoms with van der Waals surface area (Å²) < 4.78 is 53.0. The number of alkyl halides is 3. The molecule has 1 aromatic heterocycles. The molecule has 0 aliphatic heterocycles. The number of nitrogens with zero attached hydrogens (tertiary/aromatic N) is 2. The van der Waals surface area contributed by atoms with E-state index < -0.39 is 12.3 Å². The molecule has 0 fully saturated rings. The Labute approximate surface area is 117 Å². The minimum absolute atomic E-state index is 0.103. The van der Waals surface area contributed by atoms with Gasteiger partial charge in [-0.2, -0.15) is 9.65 Å². The van der Waals surface area contributed by atoms with Gasteiger partial charge < -0.3 is 4.74 Å². The van der Waals surface area contributed by atoms with Gasteiger partial charge in [-0.3, -0.25) is 0 Å². The fourth-order valence-corrected chi connectivity index (χ4v) is 1.78. The molecule has 0 saturated carbocycles. The molecule has 3 nitrogen and oxygen atoms in total. The van der Waals surface area contributed by atoms with Crippen molar-refractivity contribution < 1.29 is 22.3 Å². The maximum absolute atomic E-state index is 13.1. The van der Waals surface area contributed by atoms with Crippen LogP contribution in [0.5, 0.6) is 5.75 Å². The topological polar surface area (TPSA) is 45.9 Å². The van der Waals surface area contributed by atoms with Crippen molar-refractivity contribution in [3.63, 3.8) is 0 Å². The van der Waals surface area contributed by atoms with E-state index in [0.29, 0.717) is 11.1 Å². The standard InChI is InChI=1S/C14H8F4N2O/c15-13-6-5-11(12(20-13)7-8-19)9-1-3-10(4-2-9)21-14(16,17)18/h1-6H,7H2. The predicted molar refractivity (Wildman–Crippen MR) is 65.6 cm³/mol. The third-order valence-electron chi connectivity index (χ3n) is 2.59. The summed E-state index contributed by atoms with van der Waals surface area (Å²) in [7, 11) is 0. The van der Waals surface area contributed by atoms with Crippen LogP contribution >= 0.6 is 0 Å². The van der Waals surface area contributed by atoms with Gasteiger partial charge in [-0.15, -0.1) is 13.2 Å². The Hall–Kier alpha value is -2.62. The summed E-state index contributed by atoms with van der Waals surface area (Å²) in [5, 5.41) is 8.70.